The van der Waals surface area contributed by atoms with Crippen LogP contribution < -0.4 is 14.2 Å². The van der Waals surface area contributed by atoms with Crippen LogP contribution in [0.3, 0.4) is 0 Å². The van der Waals surface area contributed by atoms with Crippen LogP contribution in [0.5, 0.6) is 17.2 Å². The molecule has 0 fully saturated rings. The monoisotopic (exact) mass is 471 g/mol. The summed E-state index contributed by atoms with van der Waals surface area (Å²) in [5, 5.41) is 5.00. The fraction of sp³-hybridized carbons (Fsp3) is 0.321. The first-order valence-corrected chi connectivity index (χ1v) is 11.8. The number of Topliss-reactive ketones (excluding diaryl/α,β-unsaturated/α-hetero) is 1. The zero-order valence-corrected chi connectivity index (χ0v) is 20.7. The van der Waals surface area contributed by atoms with Crippen LogP contribution in [-0.4, -0.2) is 41.7 Å². The summed E-state index contributed by atoms with van der Waals surface area (Å²) in [7, 11) is 4.91. The average molecular weight is 472 g/mol. The van der Waals surface area contributed by atoms with Gasteiger partial charge in [-0.1, -0.05) is 38.1 Å². The fourth-order valence-electron chi connectivity index (χ4n) is 5.01. The average Bonchev–Trinajstić information content (AvgIpc) is 3.28. The van der Waals surface area contributed by atoms with Gasteiger partial charge in [-0.05, 0) is 41.7 Å². The van der Waals surface area contributed by atoms with E-state index in [0.717, 1.165) is 39.5 Å². The number of nitrogens with zero attached hydrogens (tertiary/aromatic N) is 3. The zero-order chi connectivity index (χ0) is 24.7. The van der Waals surface area contributed by atoms with Crippen molar-refractivity contribution in [3.8, 4) is 28.4 Å². The first-order chi connectivity index (χ1) is 17.0. The summed E-state index contributed by atoms with van der Waals surface area (Å²) in [5.41, 5.74) is 6.09. The Morgan fingerprint density at radius 2 is 1.69 bits per heavy atom. The van der Waals surface area contributed by atoms with Crippen LogP contribution in [0.1, 0.15) is 59.4 Å². The van der Waals surface area contributed by atoms with Crippen molar-refractivity contribution < 1.29 is 19.0 Å². The minimum absolute atomic E-state index is 0.00739. The van der Waals surface area contributed by atoms with E-state index in [9.17, 15) is 4.79 Å². The highest BCUT2D eigenvalue weighted by Gasteiger charge is 2.32. The van der Waals surface area contributed by atoms with E-state index in [1.165, 1.54) is 0 Å². The van der Waals surface area contributed by atoms with Gasteiger partial charge in [0.1, 0.15) is 5.75 Å². The lowest BCUT2D eigenvalue weighted by Crippen LogP contribution is -2.23. The van der Waals surface area contributed by atoms with Crippen LogP contribution >= 0.6 is 0 Å². The molecule has 0 spiro atoms. The highest BCUT2D eigenvalue weighted by atomic mass is 16.5. The number of ether oxygens (including phenoxy) is 3. The summed E-state index contributed by atoms with van der Waals surface area (Å²) < 4.78 is 18.4. The molecular formula is C28H29N3O4. The molecule has 0 N–H and O–H groups in total. The number of hydrogen-bond donors (Lipinski definition) is 0. The van der Waals surface area contributed by atoms with Crippen molar-refractivity contribution in [2.45, 2.75) is 38.5 Å². The number of fused-ring (bicyclic) bond motifs is 3. The predicted molar refractivity (Wildman–Crippen MR) is 134 cm³/mol. The quantitative estimate of drug-likeness (QED) is 0.372. The van der Waals surface area contributed by atoms with Gasteiger partial charge in [-0.2, -0.15) is 5.10 Å². The third-order valence-corrected chi connectivity index (χ3v) is 6.74. The molecule has 180 valence electrons. The predicted octanol–water partition coefficient (Wildman–Crippen LogP) is 5.46. The van der Waals surface area contributed by atoms with E-state index in [2.05, 4.69) is 13.8 Å². The molecule has 1 aliphatic rings. The molecule has 35 heavy (non-hydrogen) atoms. The second-order valence-electron chi connectivity index (χ2n) is 9.11. The van der Waals surface area contributed by atoms with E-state index in [0.29, 0.717) is 29.9 Å². The molecule has 2 heterocycles. The van der Waals surface area contributed by atoms with Crippen molar-refractivity contribution >= 4 is 11.4 Å². The number of rotatable bonds is 6. The highest BCUT2D eigenvalue weighted by Crippen LogP contribution is 2.40. The summed E-state index contributed by atoms with van der Waals surface area (Å²) >= 11 is 0. The molecule has 0 saturated heterocycles. The lowest BCUT2D eigenvalue weighted by atomic mass is 9.81. The highest BCUT2D eigenvalue weighted by molar-refractivity contribution is 5.99. The summed E-state index contributed by atoms with van der Waals surface area (Å²) in [4.78, 5) is 17.9. The smallest absolute Gasteiger partial charge is 0.166 e. The van der Waals surface area contributed by atoms with Crippen LogP contribution in [0.25, 0.3) is 16.8 Å². The SMILES string of the molecule is COc1ccc(-c2c(C(C)C)nn3c4c(cnc23)C(=O)CC(c2ccccc2OC)C4)cc1OC. The topological polar surface area (TPSA) is 75.0 Å². The van der Waals surface area contributed by atoms with Gasteiger partial charge in [0.05, 0.1) is 43.8 Å². The fourth-order valence-corrected chi connectivity index (χ4v) is 5.01. The van der Waals surface area contributed by atoms with E-state index in [1.807, 2.05) is 47.0 Å². The molecule has 5 rings (SSSR count). The van der Waals surface area contributed by atoms with Crippen molar-refractivity contribution in [3.63, 3.8) is 0 Å². The second kappa shape index (κ2) is 9.06. The number of carbonyl (C=O) groups is 1. The van der Waals surface area contributed by atoms with Gasteiger partial charge in [0.2, 0.25) is 0 Å². The van der Waals surface area contributed by atoms with Gasteiger partial charge in [0.15, 0.2) is 22.9 Å². The summed E-state index contributed by atoms with van der Waals surface area (Å²) in [5.74, 6) is 2.34. The van der Waals surface area contributed by atoms with Crippen molar-refractivity contribution in [2.75, 3.05) is 21.3 Å². The Hall–Kier alpha value is -3.87. The Bertz CT molecular complexity index is 1420. The molecule has 1 unspecified atom stereocenters. The number of hydrogen-bond acceptors (Lipinski definition) is 6. The molecular weight excluding hydrogens is 442 g/mol. The molecule has 1 atom stereocenters. The van der Waals surface area contributed by atoms with Gasteiger partial charge in [0.25, 0.3) is 0 Å². The van der Waals surface area contributed by atoms with Gasteiger partial charge in [-0.15, -0.1) is 0 Å². The Morgan fingerprint density at radius 1 is 0.943 bits per heavy atom. The molecule has 7 nitrogen and oxygen atoms in total. The minimum Gasteiger partial charge on any atom is -0.496 e. The lowest BCUT2D eigenvalue weighted by Gasteiger charge is -2.25. The van der Waals surface area contributed by atoms with E-state index < -0.39 is 0 Å². The molecule has 4 aromatic rings. The van der Waals surface area contributed by atoms with Crippen molar-refractivity contribution in [3.05, 3.63) is 71.2 Å². The van der Waals surface area contributed by atoms with Crippen molar-refractivity contribution in [2.24, 2.45) is 0 Å². The largest absolute Gasteiger partial charge is 0.496 e. The Morgan fingerprint density at radius 3 is 2.40 bits per heavy atom. The van der Waals surface area contributed by atoms with Crippen LogP contribution in [-0.2, 0) is 6.42 Å². The Balaban J connectivity index is 1.70. The number of carbonyl (C=O) groups excluding carboxylic acids is 1. The summed E-state index contributed by atoms with van der Waals surface area (Å²) in [6.45, 7) is 4.22. The number of benzene rings is 2. The second-order valence-corrected chi connectivity index (χ2v) is 9.11. The normalized spacial score (nSPS) is 15.4. The van der Waals surface area contributed by atoms with Crippen LogP contribution in [0.4, 0.5) is 0 Å². The minimum atomic E-state index is 0.00739. The Kier molecular flexibility index (Phi) is 5.93. The molecule has 1 aliphatic carbocycles. The summed E-state index contributed by atoms with van der Waals surface area (Å²) in [6, 6.07) is 13.7. The van der Waals surface area contributed by atoms with E-state index in [1.54, 1.807) is 27.5 Å². The molecule has 0 radical (unpaired) electrons. The zero-order valence-electron chi connectivity index (χ0n) is 20.7. The van der Waals surface area contributed by atoms with E-state index in [-0.39, 0.29) is 17.6 Å². The number of ketones is 1. The van der Waals surface area contributed by atoms with E-state index >= 15 is 0 Å². The van der Waals surface area contributed by atoms with Gasteiger partial charge in [0, 0.05) is 18.5 Å². The van der Waals surface area contributed by atoms with Crippen molar-refractivity contribution in [1.82, 2.24) is 14.6 Å². The third-order valence-electron chi connectivity index (χ3n) is 6.74. The number of aromatic nitrogens is 3. The van der Waals surface area contributed by atoms with Crippen LogP contribution in [0, 0.1) is 0 Å². The van der Waals surface area contributed by atoms with Crippen LogP contribution in [0.2, 0.25) is 0 Å². The molecule has 0 aliphatic heterocycles. The molecule has 0 amide bonds. The van der Waals surface area contributed by atoms with Gasteiger partial charge < -0.3 is 14.2 Å². The van der Waals surface area contributed by atoms with E-state index in [4.69, 9.17) is 24.3 Å². The molecule has 7 heteroatoms. The maximum atomic E-state index is 13.2. The molecule has 2 aromatic heterocycles. The van der Waals surface area contributed by atoms with Gasteiger partial charge >= 0.3 is 0 Å². The summed E-state index contributed by atoms with van der Waals surface area (Å²) in [6.07, 6.45) is 2.80. The van der Waals surface area contributed by atoms with Gasteiger partial charge in [-0.3, -0.25) is 4.79 Å². The lowest BCUT2D eigenvalue weighted by molar-refractivity contribution is 0.0961. The molecule has 0 saturated carbocycles. The maximum Gasteiger partial charge on any atom is 0.166 e. The Labute approximate surface area is 204 Å². The maximum absolute atomic E-state index is 13.2. The number of para-hydroxylation sites is 1. The standard InChI is InChI=1S/C28H29N3O4/c1-16(2)27-26(17-10-11-24(34-4)25(14-17)35-5)28-29-15-20-21(31(28)30-27)12-18(13-22(20)32)19-8-6-7-9-23(19)33-3/h6-11,14-16,18H,12-13H2,1-5H3. The number of methoxy groups -OCH3 is 3. The first kappa shape index (κ1) is 22.9. The molecule has 2 aromatic carbocycles. The van der Waals surface area contributed by atoms with Gasteiger partial charge in [-0.25, -0.2) is 9.50 Å². The third kappa shape index (κ3) is 3.81. The first-order valence-electron chi connectivity index (χ1n) is 11.8. The van der Waals surface area contributed by atoms with Crippen LogP contribution in [0.15, 0.2) is 48.7 Å². The van der Waals surface area contributed by atoms with Crippen molar-refractivity contribution in [1.29, 1.82) is 0 Å². The molecule has 0 bridgehead atoms.